The molecule has 1 aliphatic rings. The molecule has 5 rings (SSSR count). The summed E-state index contributed by atoms with van der Waals surface area (Å²) in [5, 5.41) is 1.81. The van der Waals surface area contributed by atoms with E-state index < -0.39 is 0 Å². The molecule has 2 aromatic heterocycles. The smallest absolute Gasteiger partial charge is 0.266 e. The zero-order chi connectivity index (χ0) is 19.3. The third-order valence-corrected chi connectivity index (χ3v) is 6.44. The summed E-state index contributed by atoms with van der Waals surface area (Å²) in [6, 6.07) is 16.0. The van der Waals surface area contributed by atoms with Gasteiger partial charge in [-0.3, -0.25) is 4.79 Å². The summed E-state index contributed by atoms with van der Waals surface area (Å²) in [5.74, 6) is 0.740. The summed E-state index contributed by atoms with van der Waals surface area (Å²) >= 11 is 1.37. The maximum Gasteiger partial charge on any atom is 0.266 e. The van der Waals surface area contributed by atoms with Crippen molar-refractivity contribution in [2.45, 2.75) is 13.0 Å². The van der Waals surface area contributed by atoms with Crippen LogP contribution in [0, 0.1) is 0 Å². The Labute approximate surface area is 166 Å². The van der Waals surface area contributed by atoms with Gasteiger partial charge in [0.15, 0.2) is 0 Å². The summed E-state index contributed by atoms with van der Waals surface area (Å²) < 4.78 is 5.29. The number of benzene rings is 2. The first-order valence-electron chi connectivity index (χ1n) is 9.17. The highest BCUT2D eigenvalue weighted by molar-refractivity contribution is 7.21. The number of pyridine rings is 1. The normalized spacial score (nSPS) is 13.7. The van der Waals surface area contributed by atoms with E-state index in [9.17, 15) is 4.79 Å². The van der Waals surface area contributed by atoms with Gasteiger partial charge in [0, 0.05) is 29.9 Å². The number of anilines is 1. The Hall–Kier alpha value is -3.12. The van der Waals surface area contributed by atoms with Crippen molar-refractivity contribution in [3.8, 4) is 5.75 Å². The monoisotopic (exact) mass is 389 g/mol. The van der Waals surface area contributed by atoms with Crippen molar-refractivity contribution in [2.75, 3.05) is 19.4 Å². The molecular formula is C22H19N3O2S. The van der Waals surface area contributed by atoms with E-state index in [2.05, 4.69) is 12.1 Å². The van der Waals surface area contributed by atoms with Gasteiger partial charge in [-0.15, -0.1) is 11.3 Å². The molecule has 140 valence electrons. The Morgan fingerprint density at radius 2 is 2.00 bits per heavy atom. The lowest BCUT2D eigenvalue weighted by atomic mass is 10.00. The van der Waals surface area contributed by atoms with Crippen LogP contribution in [0.5, 0.6) is 5.75 Å². The van der Waals surface area contributed by atoms with E-state index in [1.165, 1.54) is 22.5 Å². The maximum atomic E-state index is 13.2. The van der Waals surface area contributed by atoms with Crippen molar-refractivity contribution >= 4 is 44.1 Å². The van der Waals surface area contributed by atoms with Crippen molar-refractivity contribution in [1.29, 1.82) is 0 Å². The minimum absolute atomic E-state index is 0.0170. The lowest BCUT2D eigenvalue weighted by Crippen LogP contribution is -2.35. The Kier molecular flexibility index (Phi) is 3.94. The van der Waals surface area contributed by atoms with Crippen LogP contribution in [0.15, 0.2) is 48.5 Å². The number of thiophene rings is 1. The second-order valence-corrected chi connectivity index (χ2v) is 7.99. The molecule has 28 heavy (non-hydrogen) atoms. The van der Waals surface area contributed by atoms with E-state index in [-0.39, 0.29) is 5.91 Å². The SMILES string of the molecule is COc1ccc2cc3c(N)c(C(=O)N4CCc5ccccc5C4)sc3nc2c1. The number of fused-ring (bicyclic) bond motifs is 3. The summed E-state index contributed by atoms with van der Waals surface area (Å²) in [4.78, 5) is 21.2. The van der Waals surface area contributed by atoms with E-state index in [0.29, 0.717) is 23.7 Å². The second-order valence-electron chi connectivity index (χ2n) is 6.99. The molecule has 0 saturated heterocycles. The summed E-state index contributed by atoms with van der Waals surface area (Å²) in [5.41, 5.74) is 10.3. The minimum Gasteiger partial charge on any atom is -0.497 e. The number of hydrogen-bond acceptors (Lipinski definition) is 5. The average Bonchev–Trinajstić information content (AvgIpc) is 3.06. The molecule has 0 unspecified atom stereocenters. The van der Waals surface area contributed by atoms with Gasteiger partial charge < -0.3 is 15.4 Å². The molecule has 4 aromatic rings. The van der Waals surface area contributed by atoms with Gasteiger partial charge in [-0.25, -0.2) is 4.98 Å². The van der Waals surface area contributed by atoms with Crippen molar-refractivity contribution < 1.29 is 9.53 Å². The zero-order valence-electron chi connectivity index (χ0n) is 15.4. The van der Waals surface area contributed by atoms with Crippen LogP contribution in [-0.4, -0.2) is 29.4 Å². The largest absolute Gasteiger partial charge is 0.497 e. The first-order chi connectivity index (χ1) is 13.6. The van der Waals surface area contributed by atoms with Crippen LogP contribution >= 0.6 is 11.3 Å². The van der Waals surface area contributed by atoms with Crippen LogP contribution in [0.1, 0.15) is 20.8 Å². The highest BCUT2D eigenvalue weighted by Crippen LogP contribution is 2.36. The molecule has 0 bridgehead atoms. The number of nitrogens with two attached hydrogens (primary N) is 1. The van der Waals surface area contributed by atoms with Crippen molar-refractivity contribution in [1.82, 2.24) is 9.88 Å². The number of amides is 1. The van der Waals surface area contributed by atoms with Crippen LogP contribution in [0.3, 0.4) is 0 Å². The molecule has 0 aliphatic carbocycles. The Morgan fingerprint density at radius 3 is 2.82 bits per heavy atom. The third-order valence-electron chi connectivity index (χ3n) is 5.34. The van der Waals surface area contributed by atoms with Crippen LogP contribution in [0.2, 0.25) is 0 Å². The number of nitrogens with zero attached hydrogens (tertiary/aromatic N) is 2. The third kappa shape index (κ3) is 2.68. The molecule has 1 amide bonds. The van der Waals surface area contributed by atoms with Gasteiger partial charge in [-0.05, 0) is 35.7 Å². The molecule has 0 fully saturated rings. The molecule has 1 aliphatic heterocycles. The van der Waals surface area contributed by atoms with Gasteiger partial charge in [0.25, 0.3) is 5.91 Å². The summed E-state index contributed by atoms with van der Waals surface area (Å²) in [6.45, 7) is 1.32. The predicted molar refractivity (Wildman–Crippen MR) is 113 cm³/mol. The predicted octanol–water partition coefficient (Wildman–Crippen LogP) is 4.24. The van der Waals surface area contributed by atoms with Gasteiger partial charge in [-0.1, -0.05) is 24.3 Å². The Morgan fingerprint density at radius 1 is 1.18 bits per heavy atom. The number of hydrogen-bond donors (Lipinski definition) is 1. The fourth-order valence-electron chi connectivity index (χ4n) is 3.77. The number of rotatable bonds is 2. The molecule has 0 atom stereocenters. The van der Waals surface area contributed by atoms with Crippen LogP contribution in [-0.2, 0) is 13.0 Å². The molecule has 6 heteroatoms. The van der Waals surface area contributed by atoms with Crippen molar-refractivity contribution in [3.05, 3.63) is 64.5 Å². The lowest BCUT2D eigenvalue weighted by molar-refractivity contribution is 0.0740. The molecule has 0 radical (unpaired) electrons. The van der Waals surface area contributed by atoms with Crippen LogP contribution < -0.4 is 10.5 Å². The Bertz CT molecular complexity index is 1230. The van der Waals surface area contributed by atoms with E-state index >= 15 is 0 Å². The molecule has 2 N–H and O–H groups in total. The van der Waals surface area contributed by atoms with E-state index in [1.807, 2.05) is 41.3 Å². The number of nitrogen functional groups attached to an aromatic ring is 1. The fraction of sp³-hybridized carbons (Fsp3) is 0.182. The lowest BCUT2D eigenvalue weighted by Gasteiger charge is -2.28. The van der Waals surface area contributed by atoms with Gasteiger partial charge in [0.1, 0.15) is 15.5 Å². The highest BCUT2D eigenvalue weighted by atomic mass is 32.1. The standard InChI is InChI=1S/C22H19N3O2S/c1-27-16-7-6-14-10-17-19(23)20(28-21(17)24-18(14)11-16)22(26)25-9-8-13-4-2-3-5-15(13)12-25/h2-7,10-11H,8-9,12,23H2,1H3. The van der Waals surface area contributed by atoms with Gasteiger partial charge >= 0.3 is 0 Å². The highest BCUT2D eigenvalue weighted by Gasteiger charge is 2.26. The number of aromatic nitrogens is 1. The fourth-order valence-corrected chi connectivity index (χ4v) is 4.82. The summed E-state index contributed by atoms with van der Waals surface area (Å²) in [7, 11) is 1.64. The zero-order valence-corrected chi connectivity index (χ0v) is 16.3. The van der Waals surface area contributed by atoms with Crippen LogP contribution in [0.25, 0.3) is 21.1 Å². The van der Waals surface area contributed by atoms with Crippen molar-refractivity contribution in [3.63, 3.8) is 0 Å². The second kappa shape index (κ2) is 6.49. The van der Waals surface area contributed by atoms with Crippen molar-refractivity contribution in [2.24, 2.45) is 0 Å². The quantitative estimate of drug-likeness (QED) is 0.557. The Balaban J connectivity index is 1.54. The first-order valence-corrected chi connectivity index (χ1v) is 9.98. The molecule has 0 spiro atoms. The number of ether oxygens (including phenoxy) is 1. The average molecular weight is 389 g/mol. The van der Waals surface area contributed by atoms with Gasteiger partial charge in [-0.2, -0.15) is 0 Å². The van der Waals surface area contributed by atoms with E-state index in [4.69, 9.17) is 15.5 Å². The maximum absolute atomic E-state index is 13.2. The molecule has 2 aromatic carbocycles. The topological polar surface area (TPSA) is 68.5 Å². The van der Waals surface area contributed by atoms with Gasteiger partial charge in [0.2, 0.25) is 0 Å². The first kappa shape index (κ1) is 17.0. The summed E-state index contributed by atoms with van der Waals surface area (Å²) in [6.07, 6.45) is 0.870. The molecular weight excluding hydrogens is 370 g/mol. The van der Waals surface area contributed by atoms with Crippen LogP contribution in [0.4, 0.5) is 5.69 Å². The number of carbonyl (C=O) groups excluding carboxylic acids is 1. The molecule has 0 saturated carbocycles. The van der Waals surface area contributed by atoms with E-state index in [0.717, 1.165) is 33.3 Å². The minimum atomic E-state index is -0.0170. The number of methoxy groups -OCH3 is 1. The number of carbonyl (C=O) groups is 1. The van der Waals surface area contributed by atoms with Gasteiger partial charge in [0.05, 0.1) is 18.3 Å². The molecule has 5 nitrogen and oxygen atoms in total. The van der Waals surface area contributed by atoms with E-state index in [1.54, 1.807) is 7.11 Å². The molecule has 3 heterocycles.